The summed E-state index contributed by atoms with van der Waals surface area (Å²) in [5, 5.41) is 7.47. The lowest BCUT2D eigenvalue weighted by molar-refractivity contribution is -0.162. The number of nitrogens with zero attached hydrogens (tertiary/aromatic N) is 1. The summed E-state index contributed by atoms with van der Waals surface area (Å²) in [6.07, 6.45) is 3.99. The van der Waals surface area contributed by atoms with Gasteiger partial charge in [-0.05, 0) is 124 Å². The highest BCUT2D eigenvalue weighted by molar-refractivity contribution is 7.80. The number of alkyl halides is 3. The number of allylic oxidation sites excluding steroid dienone is 2. The van der Waals surface area contributed by atoms with Crippen LogP contribution in [-0.4, -0.2) is 28.7 Å². The summed E-state index contributed by atoms with van der Waals surface area (Å²) in [5.41, 5.74) is 3.54. The number of carbonyl (C=O) groups excluding carboxylic acids is 2. The largest absolute Gasteiger partial charge is 0.463 e. The van der Waals surface area contributed by atoms with Crippen LogP contribution in [0.2, 0.25) is 0 Å². The third-order valence-corrected chi connectivity index (χ3v) is 10.8. The zero-order valence-electron chi connectivity index (χ0n) is 23.9. The number of thiocarbonyl (C=S) groups is 1. The Morgan fingerprint density at radius 3 is 2.46 bits per heavy atom. The molecule has 3 fully saturated rings. The number of hydrazone groups is 1. The second kappa shape index (κ2) is 10.8. The molecule has 2 N–H and O–H groups in total. The van der Waals surface area contributed by atoms with Crippen molar-refractivity contribution in [2.24, 2.45) is 39.6 Å². The van der Waals surface area contributed by atoms with E-state index in [-0.39, 0.29) is 34.3 Å². The average molecular weight is 590 g/mol. The monoisotopic (exact) mass is 589 g/mol. The van der Waals surface area contributed by atoms with Crippen LogP contribution in [0.5, 0.6) is 0 Å². The molecule has 0 unspecified atom stereocenters. The molecule has 0 amide bonds. The van der Waals surface area contributed by atoms with Gasteiger partial charge in [0.1, 0.15) is 11.9 Å². The Balaban J connectivity index is 1.25. The molecule has 0 spiro atoms. The van der Waals surface area contributed by atoms with Crippen molar-refractivity contribution in [2.75, 3.05) is 5.32 Å². The highest BCUT2D eigenvalue weighted by atomic mass is 32.1. The van der Waals surface area contributed by atoms with E-state index in [0.29, 0.717) is 35.6 Å². The number of hydrogen-bond donors (Lipinski definition) is 2. The third kappa shape index (κ3) is 5.44. The molecule has 1 aromatic carbocycles. The fraction of sp³-hybridized carbons (Fsp3) is 0.613. The highest BCUT2D eigenvalue weighted by Gasteiger charge is 2.62. The lowest BCUT2D eigenvalue weighted by Crippen LogP contribution is -2.57. The Labute approximate surface area is 244 Å². The number of ketones is 1. The van der Waals surface area contributed by atoms with Crippen molar-refractivity contribution in [2.45, 2.75) is 84.9 Å². The number of Topliss-reactive ketones (excluding diaryl/α,β-unsaturated/α-hetero) is 1. The predicted molar refractivity (Wildman–Crippen MR) is 155 cm³/mol. The van der Waals surface area contributed by atoms with Crippen LogP contribution in [0.25, 0.3) is 0 Å². The molecule has 0 saturated heterocycles. The molecule has 3 saturated carbocycles. The molecule has 6 nitrogen and oxygen atoms in total. The van der Waals surface area contributed by atoms with Crippen molar-refractivity contribution in [1.29, 1.82) is 0 Å². The van der Waals surface area contributed by atoms with Crippen LogP contribution in [0, 0.1) is 34.5 Å². The van der Waals surface area contributed by atoms with Gasteiger partial charge in [-0.3, -0.25) is 15.0 Å². The third-order valence-electron chi connectivity index (χ3n) is 10.6. The molecule has 41 heavy (non-hydrogen) atoms. The summed E-state index contributed by atoms with van der Waals surface area (Å²) in [6.45, 7) is 7.76. The van der Waals surface area contributed by atoms with Crippen molar-refractivity contribution in [3.05, 3.63) is 41.5 Å². The summed E-state index contributed by atoms with van der Waals surface area (Å²) < 4.78 is 44.1. The maximum atomic E-state index is 14.0. The van der Waals surface area contributed by atoms with Gasteiger partial charge < -0.3 is 10.1 Å². The molecule has 222 valence electrons. The van der Waals surface area contributed by atoms with Crippen molar-refractivity contribution in [3.63, 3.8) is 0 Å². The zero-order chi connectivity index (χ0) is 29.7. The van der Waals surface area contributed by atoms with Gasteiger partial charge in [0.2, 0.25) is 0 Å². The van der Waals surface area contributed by atoms with Crippen molar-refractivity contribution in [3.8, 4) is 0 Å². The Morgan fingerprint density at radius 1 is 1.10 bits per heavy atom. The number of fused-ring (bicyclic) bond motifs is 5. The van der Waals surface area contributed by atoms with Gasteiger partial charge in [0, 0.05) is 19.0 Å². The summed E-state index contributed by atoms with van der Waals surface area (Å²) in [4.78, 5) is 25.5. The van der Waals surface area contributed by atoms with Crippen LogP contribution in [0.3, 0.4) is 0 Å². The van der Waals surface area contributed by atoms with Gasteiger partial charge in [0.25, 0.3) is 0 Å². The van der Waals surface area contributed by atoms with Gasteiger partial charge in [-0.15, -0.1) is 0 Å². The number of carbonyl (C=O) groups is 2. The van der Waals surface area contributed by atoms with E-state index in [1.165, 1.54) is 19.1 Å². The second-order valence-corrected chi connectivity index (χ2v) is 13.1. The van der Waals surface area contributed by atoms with Gasteiger partial charge in [0.15, 0.2) is 5.11 Å². The number of anilines is 1. The Morgan fingerprint density at radius 2 is 1.80 bits per heavy atom. The number of nitrogens with one attached hydrogen (secondary N) is 2. The van der Waals surface area contributed by atoms with E-state index in [1.54, 1.807) is 0 Å². The first kappa shape index (κ1) is 29.7. The van der Waals surface area contributed by atoms with Crippen molar-refractivity contribution in [1.82, 2.24) is 5.43 Å². The van der Waals surface area contributed by atoms with Crippen LogP contribution < -0.4 is 10.7 Å². The van der Waals surface area contributed by atoms with E-state index in [2.05, 4.69) is 35.8 Å². The molecular formula is C31H38F3N3O3S. The van der Waals surface area contributed by atoms with E-state index in [0.717, 1.165) is 56.2 Å². The van der Waals surface area contributed by atoms with Gasteiger partial charge >= 0.3 is 12.1 Å². The van der Waals surface area contributed by atoms with E-state index in [9.17, 15) is 22.8 Å². The molecule has 0 heterocycles. The van der Waals surface area contributed by atoms with E-state index < -0.39 is 17.2 Å². The topological polar surface area (TPSA) is 79.8 Å². The second-order valence-electron chi connectivity index (χ2n) is 12.7. The van der Waals surface area contributed by atoms with E-state index in [1.807, 2.05) is 6.92 Å². The van der Waals surface area contributed by atoms with Crippen molar-refractivity contribution >= 4 is 40.5 Å². The minimum absolute atomic E-state index is 0.0161. The molecule has 4 aliphatic rings. The van der Waals surface area contributed by atoms with Crippen LogP contribution in [-0.2, 0) is 20.5 Å². The summed E-state index contributed by atoms with van der Waals surface area (Å²) in [5.74, 6) is 1.49. The number of esters is 1. The van der Waals surface area contributed by atoms with Gasteiger partial charge in [0.05, 0.1) is 16.7 Å². The minimum Gasteiger partial charge on any atom is -0.463 e. The van der Waals surface area contributed by atoms with Gasteiger partial charge in [-0.25, -0.2) is 0 Å². The standard InChI is InChI=1S/C31H38F3N3O3S/c1-17(36-37-28(41)35-21-8-5-19(6-9-21)31(32,33)34)24-11-12-25-23-10-7-20-15-22(40-18(2)38)13-14-29(20,3)26(23)16-27(39)30(24,25)4/h5-6,8-9,11,20,22-23,25-26H,7,10,12-16H2,1-4H3,(H2,35,37,41)/b36-17+/t20-,22-,23-,25-,26-,29-,30+/m0/s1. The zero-order valence-corrected chi connectivity index (χ0v) is 24.8. The van der Waals surface area contributed by atoms with E-state index >= 15 is 0 Å². The number of rotatable bonds is 4. The molecule has 4 aliphatic carbocycles. The average Bonchev–Trinajstić information content (AvgIpc) is 3.26. The van der Waals surface area contributed by atoms with Crippen LogP contribution >= 0.6 is 12.2 Å². The smallest absolute Gasteiger partial charge is 0.416 e. The first-order valence-electron chi connectivity index (χ1n) is 14.4. The molecule has 10 heteroatoms. The quantitative estimate of drug-likeness (QED) is 0.170. The lowest BCUT2D eigenvalue weighted by Gasteiger charge is -2.60. The summed E-state index contributed by atoms with van der Waals surface area (Å²) in [7, 11) is 0. The highest BCUT2D eigenvalue weighted by Crippen LogP contribution is 2.65. The van der Waals surface area contributed by atoms with Gasteiger partial charge in [-0.1, -0.05) is 13.0 Å². The van der Waals surface area contributed by atoms with Crippen molar-refractivity contribution < 1.29 is 27.5 Å². The molecule has 0 bridgehead atoms. The summed E-state index contributed by atoms with van der Waals surface area (Å²) >= 11 is 5.31. The number of benzene rings is 1. The molecule has 1 aromatic rings. The van der Waals surface area contributed by atoms with Crippen LogP contribution in [0.4, 0.5) is 18.9 Å². The molecule has 0 aliphatic heterocycles. The van der Waals surface area contributed by atoms with Crippen LogP contribution in [0.1, 0.15) is 78.2 Å². The lowest BCUT2D eigenvalue weighted by atomic mass is 9.44. The SMILES string of the molecule is CC(=O)O[C@H]1CC[C@@]2(C)[C@@H](CC[C@H]3[C@@H]4CC=C(/C(C)=N/NC(=S)Nc5ccc(C(F)(F)F)cc5)[C@@]4(C)C(=O)C[C@@H]32)C1. The molecule has 7 atom stereocenters. The first-order valence-corrected chi connectivity index (χ1v) is 14.8. The Hall–Kier alpha value is -2.75. The molecule has 0 radical (unpaired) electrons. The van der Waals surface area contributed by atoms with E-state index in [4.69, 9.17) is 17.0 Å². The number of halogens is 3. The number of ether oxygens (including phenoxy) is 1. The molecular weight excluding hydrogens is 551 g/mol. The fourth-order valence-corrected chi connectivity index (χ4v) is 8.66. The fourth-order valence-electron chi connectivity index (χ4n) is 8.49. The minimum atomic E-state index is -4.40. The first-order chi connectivity index (χ1) is 19.2. The molecule has 5 rings (SSSR count). The Kier molecular flexibility index (Phi) is 7.85. The predicted octanol–water partition coefficient (Wildman–Crippen LogP) is 7.06. The number of hydrogen-bond acceptors (Lipinski definition) is 5. The normalized spacial score (nSPS) is 35.0. The van der Waals surface area contributed by atoms with Crippen LogP contribution in [0.15, 0.2) is 41.0 Å². The maximum absolute atomic E-state index is 14.0. The molecule has 0 aromatic heterocycles. The Bertz CT molecular complexity index is 1290. The maximum Gasteiger partial charge on any atom is 0.416 e. The summed E-state index contributed by atoms with van der Waals surface area (Å²) in [6, 6.07) is 4.61. The van der Waals surface area contributed by atoms with Gasteiger partial charge in [-0.2, -0.15) is 18.3 Å².